The number of rotatable bonds is 11. The fourth-order valence-electron chi connectivity index (χ4n) is 2.13. The molecule has 0 aliphatic rings. The molecule has 0 amide bonds. The SMILES string of the molecule is CCC(CC)(CN)CN(CCOCCO)C(C)C. The van der Waals surface area contributed by atoms with Crippen molar-refractivity contribution in [2.45, 2.75) is 46.6 Å². The summed E-state index contributed by atoms with van der Waals surface area (Å²) in [7, 11) is 0. The van der Waals surface area contributed by atoms with Crippen LogP contribution in [0.3, 0.4) is 0 Å². The van der Waals surface area contributed by atoms with Crippen LogP contribution in [0.5, 0.6) is 0 Å². The van der Waals surface area contributed by atoms with Gasteiger partial charge in [-0.2, -0.15) is 0 Å². The van der Waals surface area contributed by atoms with Gasteiger partial charge in [-0.3, -0.25) is 4.90 Å². The molecule has 0 aliphatic carbocycles. The summed E-state index contributed by atoms with van der Waals surface area (Å²) >= 11 is 0. The van der Waals surface area contributed by atoms with Crippen LogP contribution in [0.1, 0.15) is 40.5 Å². The maximum atomic E-state index is 8.69. The zero-order valence-corrected chi connectivity index (χ0v) is 12.6. The van der Waals surface area contributed by atoms with Gasteiger partial charge in [-0.25, -0.2) is 0 Å². The number of aliphatic hydroxyl groups is 1. The average molecular weight is 260 g/mol. The van der Waals surface area contributed by atoms with Gasteiger partial charge >= 0.3 is 0 Å². The zero-order valence-electron chi connectivity index (χ0n) is 12.6. The van der Waals surface area contributed by atoms with Crippen LogP contribution in [0.2, 0.25) is 0 Å². The minimum absolute atomic E-state index is 0.0956. The van der Waals surface area contributed by atoms with E-state index in [1.165, 1.54) is 0 Å². The monoisotopic (exact) mass is 260 g/mol. The van der Waals surface area contributed by atoms with Crippen molar-refractivity contribution >= 4 is 0 Å². The highest BCUT2D eigenvalue weighted by Gasteiger charge is 2.28. The van der Waals surface area contributed by atoms with E-state index in [9.17, 15) is 0 Å². The van der Waals surface area contributed by atoms with Crippen LogP contribution >= 0.6 is 0 Å². The molecule has 0 aromatic heterocycles. The Morgan fingerprint density at radius 1 is 1.22 bits per heavy atom. The number of nitrogens with zero attached hydrogens (tertiary/aromatic N) is 1. The average Bonchev–Trinajstić information content (AvgIpc) is 2.38. The molecule has 0 heterocycles. The maximum absolute atomic E-state index is 8.69. The van der Waals surface area contributed by atoms with Crippen molar-refractivity contribution in [2.24, 2.45) is 11.1 Å². The van der Waals surface area contributed by atoms with Crippen LogP contribution in [-0.2, 0) is 4.74 Å². The van der Waals surface area contributed by atoms with E-state index in [1.54, 1.807) is 0 Å². The van der Waals surface area contributed by atoms with E-state index in [4.69, 9.17) is 15.6 Å². The van der Waals surface area contributed by atoms with Gasteiger partial charge in [-0.15, -0.1) is 0 Å². The highest BCUT2D eigenvalue weighted by Crippen LogP contribution is 2.26. The number of hydrogen-bond acceptors (Lipinski definition) is 4. The first-order valence-corrected chi connectivity index (χ1v) is 7.18. The molecule has 0 saturated carbocycles. The molecule has 4 heteroatoms. The summed E-state index contributed by atoms with van der Waals surface area (Å²) in [6.07, 6.45) is 2.22. The minimum atomic E-state index is 0.0956. The normalized spacial score (nSPS) is 12.7. The quantitative estimate of drug-likeness (QED) is 0.552. The number of aliphatic hydroxyl groups excluding tert-OH is 1. The molecule has 0 saturated heterocycles. The van der Waals surface area contributed by atoms with Crippen molar-refractivity contribution < 1.29 is 9.84 Å². The fraction of sp³-hybridized carbons (Fsp3) is 1.00. The molecule has 110 valence electrons. The highest BCUT2D eigenvalue weighted by atomic mass is 16.5. The lowest BCUT2D eigenvalue weighted by Crippen LogP contribution is -2.46. The summed E-state index contributed by atoms with van der Waals surface area (Å²) in [5.74, 6) is 0. The maximum Gasteiger partial charge on any atom is 0.0698 e. The molecule has 0 fully saturated rings. The smallest absolute Gasteiger partial charge is 0.0698 e. The van der Waals surface area contributed by atoms with Crippen LogP contribution in [-0.4, -0.2) is 55.5 Å². The van der Waals surface area contributed by atoms with Gasteiger partial charge in [0.05, 0.1) is 19.8 Å². The second-order valence-corrected chi connectivity index (χ2v) is 5.31. The Morgan fingerprint density at radius 3 is 2.22 bits per heavy atom. The summed E-state index contributed by atoms with van der Waals surface area (Å²) < 4.78 is 5.36. The Bertz CT molecular complexity index is 186. The van der Waals surface area contributed by atoms with Crippen molar-refractivity contribution in [3.63, 3.8) is 0 Å². The summed E-state index contributed by atoms with van der Waals surface area (Å²) in [5.41, 5.74) is 6.19. The van der Waals surface area contributed by atoms with Crippen LogP contribution < -0.4 is 5.73 Å². The van der Waals surface area contributed by atoms with Gasteiger partial charge in [0.15, 0.2) is 0 Å². The van der Waals surface area contributed by atoms with Crippen LogP contribution in [0.15, 0.2) is 0 Å². The third-order valence-electron chi connectivity index (χ3n) is 3.96. The van der Waals surface area contributed by atoms with Gasteiger partial charge in [0.25, 0.3) is 0 Å². The van der Waals surface area contributed by atoms with Crippen molar-refractivity contribution in [3.05, 3.63) is 0 Å². The first kappa shape index (κ1) is 17.8. The topological polar surface area (TPSA) is 58.7 Å². The van der Waals surface area contributed by atoms with Gasteiger partial charge in [-0.1, -0.05) is 13.8 Å². The summed E-state index contributed by atoms with van der Waals surface area (Å²) in [5, 5.41) is 8.69. The van der Waals surface area contributed by atoms with Crippen molar-refractivity contribution in [3.8, 4) is 0 Å². The van der Waals surface area contributed by atoms with E-state index >= 15 is 0 Å². The summed E-state index contributed by atoms with van der Waals surface area (Å²) in [6.45, 7) is 12.7. The van der Waals surface area contributed by atoms with Crippen LogP contribution in [0.4, 0.5) is 0 Å². The molecule has 0 atom stereocenters. The van der Waals surface area contributed by atoms with Gasteiger partial charge in [0.2, 0.25) is 0 Å². The summed E-state index contributed by atoms with van der Waals surface area (Å²) in [6, 6.07) is 0.492. The van der Waals surface area contributed by atoms with E-state index in [0.717, 1.165) is 32.5 Å². The lowest BCUT2D eigenvalue weighted by atomic mass is 9.81. The second kappa shape index (κ2) is 9.73. The minimum Gasteiger partial charge on any atom is -0.394 e. The standard InChI is InChI=1S/C14H32N2O2/c1-5-14(6-2,11-15)12-16(13(3)4)7-9-18-10-8-17/h13,17H,5-12,15H2,1-4H3. The molecule has 0 spiro atoms. The Hall–Kier alpha value is -0.160. The number of ether oxygens (including phenoxy) is 1. The highest BCUT2D eigenvalue weighted by molar-refractivity contribution is 4.82. The lowest BCUT2D eigenvalue weighted by molar-refractivity contribution is 0.0485. The molecule has 0 unspecified atom stereocenters. The first-order chi connectivity index (χ1) is 8.55. The first-order valence-electron chi connectivity index (χ1n) is 7.18. The van der Waals surface area contributed by atoms with Gasteiger partial charge in [0, 0.05) is 19.1 Å². The van der Waals surface area contributed by atoms with Crippen LogP contribution in [0.25, 0.3) is 0 Å². The Kier molecular flexibility index (Phi) is 9.64. The van der Waals surface area contributed by atoms with Gasteiger partial charge in [0.1, 0.15) is 0 Å². The molecule has 3 N–H and O–H groups in total. The van der Waals surface area contributed by atoms with E-state index in [1.807, 2.05) is 0 Å². The van der Waals surface area contributed by atoms with E-state index in [0.29, 0.717) is 19.3 Å². The fourth-order valence-corrected chi connectivity index (χ4v) is 2.13. The lowest BCUT2D eigenvalue weighted by Gasteiger charge is -2.38. The number of hydrogen-bond donors (Lipinski definition) is 2. The third kappa shape index (κ3) is 6.14. The molecule has 0 radical (unpaired) electrons. The molecule has 0 aromatic rings. The predicted molar refractivity (Wildman–Crippen MR) is 76.7 cm³/mol. The number of nitrogens with two attached hydrogens (primary N) is 1. The largest absolute Gasteiger partial charge is 0.394 e. The Labute approximate surface area is 112 Å². The summed E-state index contributed by atoms with van der Waals surface area (Å²) in [4.78, 5) is 2.43. The zero-order chi connectivity index (χ0) is 14.0. The second-order valence-electron chi connectivity index (χ2n) is 5.31. The molecule has 0 aromatic carbocycles. The van der Waals surface area contributed by atoms with E-state index in [2.05, 4.69) is 32.6 Å². The predicted octanol–water partition coefficient (Wildman–Crippen LogP) is 1.47. The molecule has 18 heavy (non-hydrogen) atoms. The van der Waals surface area contributed by atoms with Gasteiger partial charge < -0.3 is 15.6 Å². The molecular weight excluding hydrogens is 228 g/mol. The third-order valence-corrected chi connectivity index (χ3v) is 3.96. The Balaban J connectivity index is 4.32. The van der Waals surface area contributed by atoms with Crippen LogP contribution in [0, 0.1) is 5.41 Å². The molecule has 4 nitrogen and oxygen atoms in total. The molecule has 0 aliphatic heterocycles. The van der Waals surface area contributed by atoms with Crippen molar-refractivity contribution in [1.29, 1.82) is 0 Å². The molecule has 0 rings (SSSR count). The Morgan fingerprint density at radius 2 is 1.83 bits per heavy atom. The van der Waals surface area contributed by atoms with Crippen molar-refractivity contribution in [1.82, 2.24) is 4.90 Å². The van der Waals surface area contributed by atoms with E-state index < -0.39 is 0 Å². The molecular formula is C14H32N2O2. The van der Waals surface area contributed by atoms with Gasteiger partial charge in [-0.05, 0) is 38.6 Å². The van der Waals surface area contributed by atoms with E-state index in [-0.39, 0.29) is 12.0 Å². The molecule has 0 bridgehead atoms. The van der Waals surface area contributed by atoms with Crippen molar-refractivity contribution in [2.75, 3.05) is 39.5 Å².